The molecule has 0 saturated heterocycles. The van der Waals surface area contributed by atoms with Crippen molar-refractivity contribution < 1.29 is 0 Å². The van der Waals surface area contributed by atoms with Gasteiger partial charge in [-0.05, 0) is 103 Å². The quantitative estimate of drug-likeness (QED) is 0.195. The Morgan fingerprint density at radius 1 is 0.452 bits per heavy atom. The average Bonchev–Trinajstić information content (AvgIpc) is 3.07. The van der Waals surface area contributed by atoms with Crippen molar-refractivity contribution in [1.82, 2.24) is 0 Å². The lowest BCUT2D eigenvalue weighted by atomic mass is 9.83. The molecular formula is C42H36. The molecule has 0 aromatic heterocycles. The van der Waals surface area contributed by atoms with Crippen molar-refractivity contribution in [3.8, 4) is 33.4 Å². The summed E-state index contributed by atoms with van der Waals surface area (Å²) < 4.78 is 0. The Morgan fingerprint density at radius 3 is 1.64 bits per heavy atom. The van der Waals surface area contributed by atoms with Crippen LogP contribution in [-0.2, 0) is 0 Å². The molecule has 7 rings (SSSR count). The van der Waals surface area contributed by atoms with Gasteiger partial charge in [-0.1, -0.05) is 147 Å². The highest BCUT2D eigenvalue weighted by atomic mass is 14.2. The summed E-state index contributed by atoms with van der Waals surface area (Å²) in [6.07, 6.45) is 2.18. The summed E-state index contributed by atoms with van der Waals surface area (Å²) in [6, 6.07) is 51.1. The maximum atomic E-state index is 2.34. The topological polar surface area (TPSA) is 0 Å². The summed E-state index contributed by atoms with van der Waals surface area (Å²) in [7, 11) is 0. The van der Waals surface area contributed by atoms with Gasteiger partial charge in [0.15, 0.2) is 0 Å². The van der Waals surface area contributed by atoms with Gasteiger partial charge in [0.05, 0.1) is 0 Å². The van der Waals surface area contributed by atoms with Crippen molar-refractivity contribution >= 4 is 37.9 Å². The Balaban J connectivity index is 0.00000155. The zero-order chi connectivity index (χ0) is 29.1. The monoisotopic (exact) mass is 540 g/mol. The number of allylic oxidation sites excluding steroid dienone is 2. The Labute approximate surface area is 249 Å². The lowest BCUT2D eigenvalue weighted by molar-refractivity contribution is 1.50. The van der Waals surface area contributed by atoms with Gasteiger partial charge in [0.2, 0.25) is 0 Å². The second kappa shape index (κ2) is 11.9. The van der Waals surface area contributed by atoms with Crippen LogP contribution in [0.25, 0.3) is 71.3 Å². The molecule has 0 bridgehead atoms. The van der Waals surface area contributed by atoms with E-state index in [1.165, 1.54) is 76.8 Å². The van der Waals surface area contributed by atoms with Crippen LogP contribution in [0.2, 0.25) is 0 Å². The molecule has 0 heteroatoms. The Morgan fingerprint density at radius 2 is 1.00 bits per heavy atom. The van der Waals surface area contributed by atoms with Crippen LogP contribution in [0, 0.1) is 0 Å². The van der Waals surface area contributed by atoms with Crippen molar-refractivity contribution in [3.63, 3.8) is 0 Å². The number of rotatable bonds is 4. The fourth-order valence-corrected chi connectivity index (χ4v) is 6.13. The standard InChI is InChI=1S/C40H30.C2H6/c1-3-27(2)29-15-12-16-31(25-29)33-17-6-7-18-34(33)40-37-21-10-8-19-35(37)39(36-20-9-11-22-38(36)40)32-24-23-28-13-4-5-14-30(28)26-32;1-2/h3-26H,1-2H3;1-2H3/b27-3+;. The third-order valence-corrected chi connectivity index (χ3v) is 8.23. The molecule has 0 N–H and O–H groups in total. The van der Waals surface area contributed by atoms with Gasteiger partial charge in [0.1, 0.15) is 0 Å². The van der Waals surface area contributed by atoms with E-state index in [1.807, 2.05) is 13.8 Å². The summed E-state index contributed by atoms with van der Waals surface area (Å²) in [4.78, 5) is 0. The summed E-state index contributed by atoms with van der Waals surface area (Å²) in [6.45, 7) is 8.28. The predicted octanol–water partition coefficient (Wildman–Crippen LogP) is 12.6. The van der Waals surface area contributed by atoms with E-state index in [4.69, 9.17) is 0 Å². The van der Waals surface area contributed by atoms with E-state index < -0.39 is 0 Å². The number of hydrogen-bond acceptors (Lipinski definition) is 0. The molecule has 0 aliphatic rings. The fraction of sp³-hybridized carbons (Fsp3) is 0.0952. The van der Waals surface area contributed by atoms with Gasteiger partial charge in [-0.2, -0.15) is 0 Å². The third-order valence-electron chi connectivity index (χ3n) is 8.23. The highest BCUT2D eigenvalue weighted by Crippen LogP contribution is 2.46. The molecule has 0 radical (unpaired) electrons. The first-order valence-corrected chi connectivity index (χ1v) is 15.0. The van der Waals surface area contributed by atoms with Gasteiger partial charge in [-0.25, -0.2) is 0 Å². The second-order valence-corrected chi connectivity index (χ2v) is 10.5. The average molecular weight is 541 g/mol. The maximum Gasteiger partial charge on any atom is -0.00201 e. The van der Waals surface area contributed by atoms with Crippen LogP contribution in [0.1, 0.15) is 33.3 Å². The van der Waals surface area contributed by atoms with E-state index in [1.54, 1.807) is 0 Å². The molecule has 0 saturated carbocycles. The van der Waals surface area contributed by atoms with E-state index in [2.05, 4.69) is 159 Å². The number of hydrogen-bond donors (Lipinski definition) is 0. The minimum absolute atomic E-state index is 1.24. The van der Waals surface area contributed by atoms with E-state index in [0.29, 0.717) is 0 Å². The minimum atomic E-state index is 1.24. The molecule has 0 aliphatic heterocycles. The van der Waals surface area contributed by atoms with Crippen molar-refractivity contribution in [2.24, 2.45) is 0 Å². The molecule has 0 fully saturated rings. The SMILES string of the molecule is C/C=C(\C)c1cccc(-c2ccccc2-c2c3ccccc3c(-c3ccc4ccccc4c3)c3ccccc23)c1.CC. The molecule has 0 atom stereocenters. The molecule has 0 spiro atoms. The van der Waals surface area contributed by atoms with Gasteiger partial charge in [0, 0.05) is 0 Å². The van der Waals surface area contributed by atoms with E-state index in [0.717, 1.165) is 0 Å². The fourth-order valence-electron chi connectivity index (χ4n) is 6.13. The van der Waals surface area contributed by atoms with Crippen LogP contribution < -0.4 is 0 Å². The van der Waals surface area contributed by atoms with Crippen LogP contribution in [0.5, 0.6) is 0 Å². The molecule has 204 valence electrons. The van der Waals surface area contributed by atoms with Crippen LogP contribution in [-0.4, -0.2) is 0 Å². The molecule has 42 heavy (non-hydrogen) atoms. The van der Waals surface area contributed by atoms with Crippen LogP contribution in [0.3, 0.4) is 0 Å². The molecule has 0 heterocycles. The molecule has 0 unspecified atom stereocenters. The number of benzene rings is 7. The minimum Gasteiger partial charge on any atom is -0.0841 e. The van der Waals surface area contributed by atoms with E-state index >= 15 is 0 Å². The first kappa shape index (κ1) is 27.2. The molecule has 7 aromatic rings. The predicted molar refractivity (Wildman–Crippen MR) is 186 cm³/mol. The van der Waals surface area contributed by atoms with Crippen molar-refractivity contribution in [2.75, 3.05) is 0 Å². The van der Waals surface area contributed by atoms with Crippen molar-refractivity contribution in [1.29, 1.82) is 0 Å². The van der Waals surface area contributed by atoms with E-state index in [9.17, 15) is 0 Å². The zero-order valence-corrected chi connectivity index (χ0v) is 24.9. The van der Waals surface area contributed by atoms with Gasteiger partial charge in [0.25, 0.3) is 0 Å². The maximum absolute atomic E-state index is 2.34. The van der Waals surface area contributed by atoms with Gasteiger partial charge in [-0.3, -0.25) is 0 Å². The third kappa shape index (κ3) is 4.80. The molecule has 7 aromatic carbocycles. The van der Waals surface area contributed by atoms with Crippen molar-refractivity contribution in [3.05, 3.63) is 151 Å². The lowest BCUT2D eigenvalue weighted by Crippen LogP contribution is -1.93. The lowest BCUT2D eigenvalue weighted by Gasteiger charge is -2.20. The van der Waals surface area contributed by atoms with Crippen LogP contribution in [0.15, 0.2) is 146 Å². The van der Waals surface area contributed by atoms with E-state index in [-0.39, 0.29) is 0 Å². The Bertz CT molecular complexity index is 2020. The van der Waals surface area contributed by atoms with Crippen LogP contribution in [0.4, 0.5) is 0 Å². The largest absolute Gasteiger partial charge is 0.0841 e. The zero-order valence-electron chi connectivity index (χ0n) is 24.9. The smallest absolute Gasteiger partial charge is 0.00201 e. The van der Waals surface area contributed by atoms with Crippen LogP contribution >= 0.6 is 0 Å². The first-order valence-electron chi connectivity index (χ1n) is 15.0. The second-order valence-electron chi connectivity index (χ2n) is 10.5. The molecular weight excluding hydrogens is 504 g/mol. The van der Waals surface area contributed by atoms with Gasteiger partial charge < -0.3 is 0 Å². The van der Waals surface area contributed by atoms with Gasteiger partial charge >= 0.3 is 0 Å². The number of fused-ring (bicyclic) bond motifs is 3. The Kier molecular flexibility index (Phi) is 7.71. The summed E-state index contributed by atoms with van der Waals surface area (Å²) in [5.74, 6) is 0. The Hall–Kier alpha value is -4.94. The summed E-state index contributed by atoms with van der Waals surface area (Å²) in [5, 5.41) is 7.63. The van der Waals surface area contributed by atoms with Gasteiger partial charge in [-0.15, -0.1) is 0 Å². The normalized spacial score (nSPS) is 11.5. The summed E-state index contributed by atoms with van der Waals surface area (Å²) >= 11 is 0. The first-order chi connectivity index (χ1) is 20.7. The highest BCUT2D eigenvalue weighted by Gasteiger charge is 2.19. The molecule has 0 amide bonds. The van der Waals surface area contributed by atoms with Crippen molar-refractivity contribution in [2.45, 2.75) is 27.7 Å². The highest BCUT2D eigenvalue weighted by molar-refractivity contribution is 6.22. The summed E-state index contributed by atoms with van der Waals surface area (Å²) in [5.41, 5.74) is 10.1. The molecule has 0 aliphatic carbocycles. The molecule has 0 nitrogen and oxygen atoms in total.